The maximum atomic E-state index is 11.7. The van der Waals surface area contributed by atoms with E-state index in [4.69, 9.17) is 22.1 Å². The monoisotopic (exact) mass is 356 g/mol. The molecule has 0 saturated heterocycles. The average Bonchev–Trinajstić information content (AvgIpc) is 2.95. The SMILES string of the molecule is Cc1cc(C)c(Cl)c(OCCCn2c(C(N)=O)cc3ccccc32)c1. The number of fused-ring (bicyclic) bond motifs is 1. The summed E-state index contributed by atoms with van der Waals surface area (Å²) >= 11 is 6.30. The molecule has 5 heteroatoms. The molecule has 1 aromatic heterocycles. The number of halogens is 1. The molecular weight excluding hydrogens is 336 g/mol. The molecule has 2 N–H and O–H groups in total. The number of aryl methyl sites for hydroxylation is 3. The van der Waals surface area contributed by atoms with Crippen molar-refractivity contribution in [3.8, 4) is 5.75 Å². The lowest BCUT2D eigenvalue weighted by Gasteiger charge is -2.12. The fraction of sp³-hybridized carbons (Fsp3) is 0.250. The van der Waals surface area contributed by atoms with E-state index in [0.717, 1.165) is 28.5 Å². The van der Waals surface area contributed by atoms with E-state index in [1.165, 1.54) is 0 Å². The number of benzene rings is 2. The number of nitrogens with zero attached hydrogens (tertiary/aromatic N) is 1. The van der Waals surface area contributed by atoms with Crippen molar-refractivity contribution >= 4 is 28.4 Å². The van der Waals surface area contributed by atoms with Gasteiger partial charge in [0, 0.05) is 17.4 Å². The zero-order chi connectivity index (χ0) is 18.0. The average molecular weight is 357 g/mol. The van der Waals surface area contributed by atoms with Crippen LogP contribution >= 0.6 is 11.6 Å². The van der Waals surface area contributed by atoms with E-state index in [0.29, 0.717) is 29.6 Å². The molecule has 3 aromatic rings. The molecule has 25 heavy (non-hydrogen) atoms. The quantitative estimate of drug-likeness (QED) is 0.662. The van der Waals surface area contributed by atoms with Crippen molar-refractivity contribution in [1.29, 1.82) is 0 Å². The van der Waals surface area contributed by atoms with Crippen LogP contribution < -0.4 is 10.5 Å². The summed E-state index contributed by atoms with van der Waals surface area (Å²) in [7, 11) is 0. The van der Waals surface area contributed by atoms with E-state index in [9.17, 15) is 4.79 Å². The van der Waals surface area contributed by atoms with Crippen molar-refractivity contribution < 1.29 is 9.53 Å². The third kappa shape index (κ3) is 3.64. The van der Waals surface area contributed by atoms with E-state index in [1.807, 2.05) is 60.9 Å². The molecule has 2 aromatic carbocycles. The Kier molecular flexibility index (Phi) is 5.00. The Morgan fingerprint density at radius 1 is 1.20 bits per heavy atom. The second kappa shape index (κ2) is 7.19. The number of carbonyl (C=O) groups is 1. The summed E-state index contributed by atoms with van der Waals surface area (Å²) in [6.07, 6.45) is 0.738. The molecule has 0 spiro atoms. The Morgan fingerprint density at radius 3 is 2.72 bits per heavy atom. The van der Waals surface area contributed by atoms with Gasteiger partial charge in [-0.05, 0) is 49.6 Å². The molecule has 0 atom stereocenters. The Bertz CT molecular complexity index is 931. The van der Waals surface area contributed by atoms with Gasteiger partial charge in [-0.25, -0.2) is 0 Å². The normalized spacial score (nSPS) is 11.0. The van der Waals surface area contributed by atoms with Gasteiger partial charge in [-0.3, -0.25) is 4.79 Å². The van der Waals surface area contributed by atoms with Crippen molar-refractivity contribution in [3.05, 3.63) is 64.3 Å². The molecule has 1 amide bonds. The molecule has 0 bridgehead atoms. The van der Waals surface area contributed by atoms with Gasteiger partial charge in [0.15, 0.2) is 0 Å². The van der Waals surface area contributed by atoms with Gasteiger partial charge in [-0.1, -0.05) is 35.9 Å². The van der Waals surface area contributed by atoms with Crippen LogP contribution in [-0.4, -0.2) is 17.1 Å². The summed E-state index contributed by atoms with van der Waals surface area (Å²) in [5, 5.41) is 1.66. The summed E-state index contributed by atoms with van der Waals surface area (Å²) < 4.78 is 7.80. The molecule has 0 radical (unpaired) electrons. The summed E-state index contributed by atoms with van der Waals surface area (Å²) in [5.41, 5.74) is 9.16. The topological polar surface area (TPSA) is 57.2 Å². The highest BCUT2D eigenvalue weighted by molar-refractivity contribution is 6.32. The molecule has 0 saturated carbocycles. The van der Waals surface area contributed by atoms with Crippen molar-refractivity contribution in [2.24, 2.45) is 5.73 Å². The molecule has 0 fully saturated rings. The van der Waals surface area contributed by atoms with E-state index >= 15 is 0 Å². The van der Waals surface area contributed by atoms with E-state index < -0.39 is 5.91 Å². The lowest BCUT2D eigenvalue weighted by atomic mass is 10.1. The highest BCUT2D eigenvalue weighted by Crippen LogP contribution is 2.29. The lowest BCUT2D eigenvalue weighted by molar-refractivity contribution is 0.0991. The summed E-state index contributed by atoms with van der Waals surface area (Å²) in [4.78, 5) is 11.7. The number of hydrogen-bond acceptors (Lipinski definition) is 2. The maximum absolute atomic E-state index is 11.7. The van der Waals surface area contributed by atoms with Crippen LogP contribution in [0, 0.1) is 13.8 Å². The standard InChI is InChI=1S/C20H21ClN2O2/c1-13-10-14(2)19(21)18(11-13)25-9-5-8-23-16-7-4-3-6-15(16)12-17(23)20(22)24/h3-4,6-7,10-12H,5,8-9H2,1-2H3,(H2,22,24). The molecule has 0 aliphatic heterocycles. The molecular formula is C20H21ClN2O2. The zero-order valence-corrected chi connectivity index (χ0v) is 15.1. The van der Waals surface area contributed by atoms with Crippen molar-refractivity contribution in [2.45, 2.75) is 26.8 Å². The summed E-state index contributed by atoms with van der Waals surface area (Å²) in [6.45, 7) is 5.14. The van der Waals surface area contributed by atoms with Crippen LogP contribution in [0.2, 0.25) is 5.02 Å². The molecule has 0 aliphatic carbocycles. The molecule has 130 valence electrons. The number of carbonyl (C=O) groups excluding carboxylic acids is 1. The van der Waals surface area contributed by atoms with E-state index in [1.54, 1.807) is 0 Å². The Hall–Kier alpha value is -2.46. The first-order chi connectivity index (χ1) is 12.0. The molecule has 1 heterocycles. The van der Waals surface area contributed by atoms with Gasteiger partial charge >= 0.3 is 0 Å². The molecule has 3 rings (SSSR count). The highest BCUT2D eigenvalue weighted by atomic mass is 35.5. The van der Waals surface area contributed by atoms with Crippen molar-refractivity contribution in [1.82, 2.24) is 4.57 Å². The van der Waals surface area contributed by atoms with E-state index in [-0.39, 0.29) is 0 Å². The number of primary amides is 1. The van der Waals surface area contributed by atoms with Crippen LogP contribution in [-0.2, 0) is 6.54 Å². The lowest BCUT2D eigenvalue weighted by Crippen LogP contribution is -2.17. The number of rotatable bonds is 6. The van der Waals surface area contributed by atoms with Crippen molar-refractivity contribution in [2.75, 3.05) is 6.61 Å². The van der Waals surface area contributed by atoms with Crippen LogP contribution in [0.5, 0.6) is 5.75 Å². The fourth-order valence-corrected chi connectivity index (χ4v) is 3.24. The number of para-hydroxylation sites is 1. The number of hydrogen-bond donors (Lipinski definition) is 1. The minimum Gasteiger partial charge on any atom is -0.492 e. The maximum Gasteiger partial charge on any atom is 0.265 e. The second-order valence-corrected chi connectivity index (χ2v) is 6.58. The molecule has 0 aliphatic rings. The van der Waals surface area contributed by atoms with Gasteiger partial charge in [0.25, 0.3) is 5.91 Å². The zero-order valence-electron chi connectivity index (χ0n) is 14.4. The largest absolute Gasteiger partial charge is 0.492 e. The van der Waals surface area contributed by atoms with Crippen LogP contribution in [0.4, 0.5) is 0 Å². The first kappa shape index (κ1) is 17.4. The number of amides is 1. The van der Waals surface area contributed by atoms with Crippen LogP contribution in [0.25, 0.3) is 10.9 Å². The fourth-order valence-electron chi connectivity index (χ4n) is 3.08. The Labute approximate surface area is 152 Å². The number of nitrogens with two attached hydrogens (primary N) is 1. The van der Waals surface area contributed by atoms with Gasteiger partial charge in [0.05, 0.1) is 11.6 Å². The number of aromatic nitrogens is 1. The van der Waals surface area contributed by atoms with Gasteiger partial charge in [0.2, 0.25) is 0 Å². The van der Waals surface area contributed by atoms with E-state index in [2.05, 4.69) is 0 Å². The van der Waals surface area contributed by atoms with Gasteiger partial charge in [-0.2, -0.15) is 0 Å². The van der Waals surface area contributed by atoms with Crippen molar-refractivity contribution in [3.63, 3.8) is 0 Å². The predicted octanol–water partition coefficient (Wildman–Crippen LogP) is 4.48. The van der Waals surface area contributed by atoms with Crippen LogP contribution in [0.15, 0.2) is 42.5 Å². The molecule has 0 unspecified atom stereocenters. The summed E-state index contributed by atoms with van der Waals surface area (Å²) in [5.74, 6) is 0.279. The van der Waals surface area contributed by atoms with Gasteiger partial charge in [-0.15, -0.1) is 0 Å². The smallest absolute Gasteiger partial charge is 0.265 e. The van der Waals surface area contributed by atoms with Crippen LogP contribution in [0.1, 0.15) is 28.0 Å². The first-order valence-electron chi connectivity index (χ1n) is 8.25. The minimum atomic E-state index is -0.422. The minimum absolute atomic E-state index is 0.422. The highest BCUT2D eigenvalue weighted by Gasteiger charge is 2.12. The summed E-state index contributed by atoms with van der Waals surface area (Å²) in [6, 6.07) is 13.7. The van der Waals surface area contributed by atoms with Gasteiger partial charge < -0.3 is 15.0 Å². The third-order valence-corrected chi connectivity index (χ3v) is 4.70. The number of ether oxygens (including phenoxy) is 1. The Balaban J connectivity index is 1.72. The first-order valence-corrected chi connectivity index (χ1v) is 8.63. The van der Waals surface area contributed by atoms with Crippen LogP contribution in [0.3, 0.4) is 0 Å². The van der Waals surface area contributed by atoms with Gasteiger partial charge in [0.1, 0.15) is 11.4 Å². The third-order valence-electron chi connectivity index (χ3n) is 4.21. The predicted molar refractivity (Wildman–Crippen MR) is 101 cm³/mol. The second-order valence-electron chi connectivity index (χ2n) is 6.20. The molecule has 4 nitrogen and oxygen atoms in total. The Morgan fingerprint density at radius 2 is 1.96 bits per heavy atom.